The summed E-state index contributed by atoms with van der Waals surface area (Å²) in [5.41, 5.74) is 0.906. The molecule has 0 saturated heterocycles. The SMILES string of the molecule is Cc1nc(C(C)C)oc1Cn1nnc(C2CC2)n1. The Labute approximate surface area is 105 Å². The van der Waals surface area contributed by atoms with Crippen molar-refractivity contribution < 1.29 is 4.42 Å². The summed E-state index contributed by atoms with van der Waals surface area (Å²) in [5, 5.41) is 12.5. The summed E-state index contributed by atoms with van der Waals surface area (Å²) in [6.45, 7) is 6.58. The molecule has 0 amide bonds. The van der Waals surface area contributed by atoms with E-state index in [1.165, 1.54) is 12.8 Å². The van der Waals surface area contributed by atoms with Gasteiger partial charge in [0.25, 0.3) is 0 Å². The molecule has 1 aliphatic rings. The van der Waals surface area contributed by atoms with Gasteiger partial charge in [-0.15, -0.1) is 10.2 Å². The second kappa shape index (κ2) is 4.19. The van der Waals surface area contributed by atoms with E-state index >= 15 is 0 Å². The summed E-state index contributed by atoms with van der Waals surface area (Å²) >= 11 is 0. The van der Waals surface area contributed by atoms with Crippen LogP contribution in [0.5, 0.6) is 0 Å². The van der Waals surface area contributed by atoms with Crippen molar-refractivity contribution in [2.45, 2.75) is 52.0 Å². The van der Waals surface area contributed by atoms with Crippen LogP contribution in [0.3, 0.4) is 0 Å². The van der Waals surface area contributed by atoms with Gasteiger partial charge in [0.05, 0.1) is 5.69 Å². The fraction of sp³-hybridized carbons (Fsp3) is 0.667. The fourth-order valence-electron chi connectivity index (χ4n) is 1.80. The highest BCUT2D eigenvalue weighted by molar-refractivity contribution is 5.09. The van der Waals surface area contributed by atoms with Crippen LogP contribution >= 0.6 is 0 Å². The summed E-state index contributed by atoms with van der Waals surface area (Å²) in [6.07, 6.45) is 2.37. The first-order valence-corrected chi connectivity index (χ1v) is 6.37. The molecule has 0 spiro atoms. The van der Waals surface area contributed by atoms with Gasteiger partial charge in [0.1, 0.15) is 6.54 Å². The summed E-state index contributed by atoms with van der Waals surface area (Å²) in [6, 6.07) is 0. The van der Waals surface area contributed by atoms with Gasteiger partial charge in [-0.3, -0.25) is 0 Å². The Hall–Kier alpha value is -1.72. The molecule has 2 aromatic heterocycles. The third-order valence-electron chi connectivity index (χ3n) is 3.10. The molecule has 0 unspecified atom stereocenters. The van der Waals surface area contributed by atoms with Crippen LogP contribution in [0.25, 0.3) is 0 Å². The Morgan fingerprint density at radius 3 is 2.78 bits per heavy atom. The highest BCUT2D eigenvalue weighted by Gasteiger charge is 2.28. The number of hydrogen-bond acceptors (Lipinski definition) is 5. The van der Waals surface area contributed by atoms with Gasteiger partial charge in [0.15, 0.2) is 17.5 Å². The first-order chi connectivity index (χ1) is 8.63. The van der Waals surface area contributed by atoms with Crippen LogP contribution < -0.4 is 0 Å². The van der Waals surface area contributed by atoms with Gasteiger partial charge in [0.2, 0.25) is 0 Å². The summed E-state index contributed by atoms with van der Waals surface area (Å²) < 4.78 is 5.73. The van der Waals surface area contributed by atoms with Crippen LogP contribution in [0.15, 0.2) is 4.42 Å². The zero-order chi connectivity index (χ0) is 12.7. The lowest BCUT2D eigenvalue weighted by Gasteiger charge is -1.97. The van der Waals surface area contributed by atoms with Gasteiger partial charge in [-0.25, -0.2) is 4.98 Å². The maximum absolute atomic E-state index is 5.73. The molecule has 0 bridgehead atoms. The lowest BCUT2D eigenvalue weighted by molar-refractivity contribution is 0.406. The summed E-state index contributed by atoms with van der Waals surface area (Å²) in [5.74, 6) is 3.27. The van der Waals surface area contributed by atoms with Crippen LogP contribution in [-0.4, -0.2) is 25.2 Å². The minimum absolute atomic E-state index is 0.295. The molecule has 3 rings (SSSR count). The molecule has 18 heavy (non-hydrogen) atoms. The topological polar surface area (TPSA) is 69.6 Å². The van der Waals surface area contributed by atoms with Crippen LogP contribution in [0.2, 0.25) is 0 Å². The van der Waals surface area contributed by atoms with Crippen molar-refractivity contribution in [3.63, 3.8) is 0 Å². The van der Waals surface area contributed by atoms with E-state index in [9.17, 15) is 0 Å². The molecule has 2 aromatic rings. The predicted octanol–water partition coefficient (Wildman–Crippen LogP) is 2.02. The van der Waals surface area contributed by atoms with Gasteiger partial charge in [-0.1, -0.05) is 13.8 Å². The number of aromatic nitrogens is 5. The number of tetrazole rings is 1. The number of aryl methyl sites for hydroxylation is 1. The third-order valence-corrected chi connectivity index (χ3v) is 3.10. The van der Waals surface area contributed by atoms with Crippen LogP contribution in [0.4, 0.5) is 0 Å². The second-order valence-electron chi connectivity index (χ2n) is 5.17. The molecular formula is C12H17N5O. The minimum Gasteiger partial charge on any atom is -0.443 e. The molecule has 6 heteroatoms. The van der Waals surface area contributed by atoms with Crippen molar-refractivity contribution in [1.82, 2.24) is 25.2 Å². The Morgan fingerprint density at radius 2 is 2.17 bits per heavy atom. The number of hydrogen-bond donors (Lipinski definition) is 0. The van der Waals surface area contributed by atoms with Crippen LogP contribution in [-0.2, 0) is 6.54 Å². The lowest BCUT2D eigenvalue weighted by Crippen LogP contribution is -2.04. The quantitative estimate of drug-likeness (QED) is 0.826. The highest BCUT2D eigenvalue weighted by Crippen LogP contribution is 2.37. The van der Waals surface area contributed by atoms with E-state index < -0.39 is 0 Å². The molecule has 0 aliphatic heterocycles. The van der Waals surface area contributed by atoms with Crippen molar-refractivity contribution in [3.05, 3.63) is 23.2 Å². The molecule has 6 nitrogen and oxygen atoms in total. The molecule has 0 aromatic carbocycles. The average Bonchev–Trinajstić information content (AvgIpc) is 2.97. The number of nitrogens with zero attached hydrogens (tertiary/aromatic N) is 5. The maximum atomic E-state index is 5.73. The Kier molecular flexibility index (Phi) is 2.65. The average molecular weight is 247 g/mol. The molecular weight excluding hydrogens is 230 g/mol. The van der Waals surface area contributed by atoms with Crippen molar-refractivity contribution in [2.75, 3.05) is 0 Å². The normalized spacial score (nSPS) is 15.6. The molecule has 96 valence electrons. The summed E-state index contributed by atoms with van der Waals surface area (Å²) in [7, 11) is 0. The maximum Gasteiger partial charge on any atom is 0.197 e. The molecule has 2 heterocycles. The molecule has 0 radical (unpaired) electrons. The van der Waals surface area contributed by atoms with Crippen LogP contribution in [0.1, 0.15) is 61.7 Å². The monoisotopic (exact) mass is 247 g/mol. The van der Waals surface area contributed by atoms with Gasteiger partial charge in [-0.05, 0) is 25.0 Å². The molecule has 0 atom stereocenters. The molecule has 0 N–H and O–H groups in total. The molecule has 1 saturated carbocycles. The minimum atomic E-state index is 0.295. The van der Waals surface area contributed by atoms with E-state index in [2.05, 4.69) is 34.2 Å². The van der Waals surface area contributed by atoms with E-state index in [1.807, 2.05) is 6.92 Å². The standard InChI is InChI=1S/C12H17N5O/c1-7(2)12-13-8(3)10(18-12)6-17-15-11(14-16-17)9-4-5-9/h7,9H,4-6H2,1-3H3. The second-order valence-corrected chi connectivity index (χ2v) is 5.17. The van der Waals surface area contributed by atoms with E-state index in [4.69, 9.17) is 4.42 Å². The van der Waals surface area contributed by atoms with Gasteiger partial charge < -0.3 is 4.42 Å². The molecule has 1 aliphatic carbocycles. The number of rotatable bonds is 4. The summed E-state index contributed by atoms with van der Waals surface area (Å²) in [4.78, 5) is 5.99. The first kappa shape index (κ1) is 11.4. The lowest BCUT2D eigenvalue weighted by atomic mass is 10.2. The Bertz CT molecular complexity index is 553. The smallest absolute Gasteiger partial charge is 0.197 e. The fourth-order valence-corrected chi connectivity index (χ4v) is 1.80. The zero-order valence-corrected chi connectivity index (χ0v) is 10.9. The first-order valence-electron chi connectivity index (χ1n) is 6.37. The van der Waals surface area contributed by atoms with Crippen LogP contribution in [0, 0.1) is 6.92 Å². The van der Waals surface area contributed by atoms with Gasteiger partial charge in [-0.2, -0.15) is 4.80 Å². The highest BCUT2D eigenvalue weighted by atomic mass is 16.4. The number of oxazole rings is 1. The van der Waals surface area contributed by atoms with Crippen molar-refractivity contribution in [1.29, 1.82) is 0 Å². The third kappa shape index (κ3) is 2.14. The van der Waals surface area contributed by atoms with E-state index in [0.717, 1.165) is 23.2 Å². The Balaban J connectivity index is 1.78. The van der Waals surface area contributed by atoms with Crippen molar-refractivity contribution in [2.24, 2.45) is 0 Å². The Morgan fingerprint density at radius 1 is 1.39 bits per heavy atom. The zero-order valence-electron chi connectivity index (χ0n) is 10.9. The largest absolute Gasteiger partial charge is 0.443 e. The van der Waals surface area contributed by atoms with Crippen molar-refractivity contribution >= 4 is 0 Å². The van der Waals surface area contributed by atoms with Gasteiger partial charge in [0, 0.05) is 11.8 Å². The van der Waals surface area contributed by atoms with Gasteiger partial charge >= 0.3 is 0 Å². The van der Waals surface area contributed by atoms with E-state index in [1.54, 1.807) is 4.80 Å². The predicted molar refractivity (Wildman–Crippen MR) is 64.2 cm³/mol. The van der Waals surface area contributed by atoms with Crippen molar-refractivity contribution in [3.8, 4) is 0 Å². The van der Waals surface area contributed by atoms with E-state index in [0.29, 0.717) is 18.4 Å². The van der Waals surface area contributed by atoms with E-state index in [-0.39, 0.29) is 0 Å². The molecule has 1 fully saturated rings.